The number of benzene rings is 2. The van der Waals surface area contributed by atoms with E-state index in [1.807, 2.05) is 0 Å². The highest BCUT2D eigenvalue weighted by atomic mass is 16.4. The van der Waals surface area contributed by atoms with Crippen molar-refractivity contribution in [1.82, 2.24) is 4.98 Å². The third kappa shape index (κ3) is 2.56. The van der Waals surface area contributed by atoms with Crippen LogP contribution in [0.5, 0.6) is 5.75 Å². The van der Waals surface area contributed by atoms with E-state index in [0.29, 0.717) is 0 Å². The standard InChI is InChI=1S/C17H9NO9/c19-13-7-4-5-2-1-3-6(14(20)21)11(5)18-12(7)9(16(24)25)8(15(22)23)10(13)17(26)27/h1-4,19H,(H,20,21)(H,22,23)(H,24,25)(H,26,27). The third-order valence-electron chi connectivity index (χ3n) is 3.95. The van der Waals surface area contributed by atoms with Gasteiger partial charge in [0.15, 0.2) is 0 Å². The van der Waals surface area contributed by atoms with Gasteiger partial charge in [0.2, 0.25) is 0 Å². The van der Waals surface area contributed by atoms with Crippen LogP contribution in [-0.2, 0) is 0 Å². The van der Waals surface area contributed by atoms with Gasteiger partial charge in [0.25, 0.3) is 0 Å². The van der Waals surface area contributed by atoms with Crippen molar-refractivity contribution in [2.45, 2.75) is 0 Å². The second kappa shape index (κ2) is 5.95. The number of carboxylic acids is 4. The van der Waals surface area contributed by atoms with E-state index in [4.69, 9.17) is 0 Å². The van der Waals surface area contributed by atoms with Gasteiger partial charge in [0.05, 0.1) is 22.2 Å². The van der Waals surface area contributed by atoms with Crippen molar-refractivity contribution in [1.29, 1.82) is 0 Å². The van der Waals surface area contributed by atoms with E-state index < -0.39 is 51.8 Å². The Morgan fingerprint density at radius 3 is 1.85 bits per heavy atom. The average molecular weight is 371 g/mol. The number of hydrogen-bond donors (Lipinski definition) is 5. The molecule has 136 valence electrons. The quantitative estimate of drug-likeness (QED) is 0.424. The van der Waals surface area contributed by atoms with Crippen LogP contribution in [0.1, 0.15) is 41.4 Å². The summed E-state index contributed by atoms with van der Waals surface area (Å²) < 4.78 is 0. The highest BCUT2D eigenvalue weighted by Gasteiger charge is 2.32. The van der Waals surface area contributed by atoms with Gasteiger partial charge in [0.1, 0.15) is 16.9 Å². The van der Waals surface area contributed by atoms with Crippen LogP contribution in [0.3, 0.4) is 0 Å². The van der Waals surface area contributed by atoms with Crippen molar-refractivity contribution < 1.29 is 44.7 Å². The smallest absolute Gasteiger partial charge is 0.340 e. The van der Waals surface area contributed by atoms with Gasteiger partial charge in [-0.15, -0.1) is 0 Å². The lowest BCUT2D eigenvalue weighted by molar-refractivity contribution is 0.0632. The number of rotatable bonds is 4. The molecular weight excluding hydrogens is 362 g/mol. The summed E-state index contributed by atoms with van der Waals surface area (Å²) in [5, 5.41) is 47.5. The third-order valence-corrected chi connectivity index (χ3v) is 3.95. The van der Waals surface area contributed by atoms with Crippen LogP contribution in [0, 0.1) is 0 Å². The molecule has 3 rings (SSSR count). The Morgan fingerprint density at radius 1 is 0.741 bits per heavy atom. The molecule has 1 heterocycles. The Labute approximate surface area is 148 Å². The lowest BCUT2D eigenvalue weighted by Crippen LogP contribution is -2.16. The predicted molar refractivity (Wildman–Crippen MR) is 88.8 cm³/mol. The fourth-order valence-corrected chi connectivity index (χ4v) is 2.87. The van der Waals surface area contributed by atoms with E-state index in [1.54, 1.807) is 0 Å². The fourth-order valence-electron chi connectivity index (χ4n) is 2.87. The monoisotopic (exact) mass is 371 g/mol. The highest BCUT2D eigenvalue weighted by Crippen LogP contribution is 2.37. The first-order valence-corrected chi connectivity index (χ1v) is 7.20. The minimum absolute atomic E-state index is 0.140. The van der Waals surface area contributed by atoms with Crippen molar-refractivity contribution in [2.24, 2.45) is 0 Å². The minimum atomic E-state index is -1.89. The summed E-state index contributed by atoms with van der Waals surface area (Å²) in [6.45, 7) is 0. The maximum absolute atomic E-state index is 11.7. The Morgan fingerprint density at radius 2 is 1.33 bits per heavy atom. The largest absolute Gasteiger partial charge is 0.506 e. The maximum atomic E-state index is 11.7. The van der Waals surface area contributed by atoms with E-state index >= 15 is 0 Å². The summed E-state index contributed by atoms with van der Waals surface area (Å²) in [4.78, 5) is 50.0. The van der Waals surface area contributed by atoms with Crippen molar-refractivity contribution in [2.75, 3.05) is 0 Å². The van der Waals surface area contributed by atoms with Crippen molar-refractivity contribution in [3.05, 3.63) is 46.5 Å². The topological polar surface area (TPSA) is 182 Å². The zero-order chi connectivity index (χ0) is 20.0. The Balaban J connectivity index is 2.67. The lowest BCUT2D eigenvalue weighted by atomic mass is 9.94. The molecule has 5 N–H and O–H groups in total. The van der Waals surface area contributed by atoms with Crippen molar-refractivity contribution in [3.63, 3.8) is 0 Å². The van der Waals surface area contributed by atoms with Gasteiger partial charge >= 0.3 is 23.9 Å². The second-order valence-corrected chi connectivity index (χ2v) is 5.46. The Hall–Kier alpha value is -4.21. The van der Waals surface area contributed by atoms with Crippen molar-refractivity contribution in [3.8, 4) is 5.75 Å². The molecule has 10 heteroatoms. The number of aromatic carboxylic acids is 4. The number of phenols is 1. The molecule has 0 saturated heterocycles. The number of fused-ring (bicyclic) bond motifs is 2. The first kappa shape index (κ1) is 17.6. The fraction of sp³-hybridized carbons (Fsp3) is 0. The first-order chi connectivity index (χ1) is 12.6. The normalized spacial score (nSPS) is 10.8. The molecular formula is C17H9NO9. The zero-order valence-corrected chi connectivity index (χ0v) is 13.1. The van der Waals surface area contributed by atoms with Crippen LogP contribution in [0.2, 0.25) is 0 Å². The number of nitrogens with zero attached hydrogens (tertiary/aromatic N) is 1. The van der Waals surface area contributed by atoms with Crippen LogP contribution in [0.4, 0.5) is 0 Å². The molecule has 0 bridgehead atoms. The van der Waals surface area contributed by atoms with E-state index in [0.717, 1.165) is 6.07 Å². The van der Waals surface area contributed by atoms with Gasteiger partial charge in [-0.05, 0) is 12.1 Å². The van der Waals surface area contributed by atoms with Gasteiger partial charge in [-0.25, -0.2) is 24.2 Å². The number of aromatic hydroxyl groups is 1. The van der Waals surface area contributed by atoms with Gasteiger partial charge in [-0.1, -0.05) is 12.1 Å². The average Bonchev–Trinajstić information content (AvgIpc) is 2.58. The lowest BCUT2D eigenvalue weighted by Gasteiger charge is -2.13. The second-order valence-electron chi connectivity index (χ2n) is 5.46. The summed E-state index contributed by atoms with van der Waals surface area (Å²) >= 11 is 0. The molecule has 0 aliphatic rings. The SMILES string of the molecule is O=C(O)c1c(C(=O)O)c(C(=O)O)c2nc3c(C(=O)O)cccc3cc2c1O. The maximum Gasteiger partial charge on any atom is 0.340 e. The molecule has 0 fully saturated rings. The van der Waals surface area contributed by atoms with E-state index in [-0.39, 0.29) is 21.9 Å². The predicted octanol–water partition coefficient (Wildman–Crippen LogP) is 1.89. The van der Waals surface area contributed by atoms with E-state index in [2.05, 4.69) is 4.98 Å². The number of hydrogen-bond acceptors (Lipinski definition) is 6. The number of carboxylic acid groups (broad SMARTS) is 4. The molecule has 0 amide bonds. The number of para-hydroxylation sites is 1. The summed E-state index contributed by atoms with van der Waals surface area (Å²) in [7, 11) is 0. The minimum Gasteiger partial charge on any atom is -0.506 e. The molecule has 0 unspecified atom stereocenters. The Bertz CT molecular complexity index is 1200. The summed E-state index contributed by atoms with van der Waals surface area (Å²) in [6.07, 6.45) is 0. The molecule has 2 aromatic carbocycles. The summed E-state index contributed by atoms with van der Waals surface area (Å²) in [5.74, 6) is -7.85. The van der Waals surface area contributed by atoms with E-state index in [1.165, 1.54) is 18.2 Å². The number of aromatic nitrogens is 1. The molecule has 0 atom stereocenters. The number of carbonyl (C=O) groups is 4. The molecule has 0 aliphatic heterocycles. The van der Waals surface area contributed by atoms with Gasteiger partial charge in [-0.3, -0.25) is 0 Å². The highest BCUT2D eigenvalue weighted by molar-refractivity contribution is 6.20. The van der Waals surface area contributed by atoms with Gasteiger partial charge in [0, 0.05) is 10.8 Å². The molecule has 1 aromatic heterocycles. The van der Waals surface area contributed by atoms with Crippen LogP contribution in [0.25, 0.3) is 21.8 Å². The summed E-state index contributed by atoms with van der Waals surface area (Å²) in [5.41, 5.74) is -4.16. The molecule has 3 aromatic rings. The number of pyridine rings is 1. The first-order valence-electron chi connectivity index (χ1n) is 7.20. The van der Waals surface area contributed by atoms with Gasteiger partial charge < -0.3 is 25.5 Å². The van der Waals surface area contributed by atoms with Crippen LogP contribution in [-0.4, -0.2) is 54.4 Å². The molecule has 0 saturated carbocycles. The van der Waals surface area contributed by atoms with Crippen molar-refractivity contribution >= 4 is 45.7 Å². The molecule has 0 aliphatic carbocycles. The van der Waals surface area contributed by atoms with Crippen LogP contribution < -0.4 is 0 Å². The van der Waals surface area contributed by atoms with Gasteiger partial charge in [-0.2, -0.15) is 0 Å². The molecule has 0 radical (unpaired) electrons. The van der Waals surface area contributed by atoms with Crippen LogP contribution >= 0.6 is 0 Å². The zero-order valence-electron chi connectivity index (χ0n) is 13.1. The molecule has 0 spiro atoms. The molecule has 10 nitrogen and oxygen atoms in total. The van der Waals surface area contributed by atoms with E-state index in [9.17, 15) is 44.7 Å². The summed E-state index contributed by atoms with van der Waals surface area (Å²) in [6, 6.07) is 5.19. The Kier molecular flexibility index (Phi) is 3.88. The molecule has 27 heavy (non-hydrogen) atoms. The van der Waals surface area contributed by atoms with Crippen LogP contribution in [0.15, 0.2) is 24.3 Å².